The van der Waals surface area contributed by atoms with E-state index >= 15 is 0 Å². The van der Waals surface area contributed by atoms with Gasteiger partial charge >= 0.3 is 0 Å². The summed E-state index contributed by atoms with van der Waals surface area (Å²) in [5, 5.41) is 3.02. The van der Waals surface area contributed by atoms with Gasteiger partial charge in [-0.15, -0.1) is 0 Å². The fourth-order valence-electron chi connectivity index (χ4n) is 2.97. The first kappa shape index (κ1) is 44.2. The highest BCUT2D eigenvalue weighted by Gasteiger charge is 1.97. The largest absolute Gasteiger partial charge is 0.378 e. The van der Waals surface area contributed by atoms with Crippen LogP contribution in [0.15, 0.2) is 0 Å². The van der Waals surface area contributed by atoms with E-state index in [0.29, 0.717) is 165 Å². The molecule has 14 nitrogen and oxygen atoms in total. The van der Waals surface area contributed by atoms with E-state index < -0.39 is 0 Å². The van der Waals surface area contributed by atoms with Gasteiger partial charge < -0.3 is 66.9 Å². The number of halogens is 1. The van der Waals surface area contributed by atoms with Crippen LogP contribution in [0.3, 0.4) is 0 Å². The van der Waals surface area contributed by atoms with E-state index in [9.17, 15) is 0 Å². The molecule has 0 aromatic carbocycles. The molecule has 1 N–H and O–H groups in total. The predicted octanol–water partition coefficient (Wildman–Crippen LogP) is 0.857. The van der Waals surface area contributed by atoms with Gasteiger partial charge in [-0.2, -0.15) is 0 Å². The molecule has 0 heterocycles. The smallest absolute Gasteiger partial charge is 0.0701 e. The molecule has 0 spiro atoms. The molecule has 0 fully saturated rings. The molecule has 0 unspecified atom stereocenters. The fourth-order valence-corrected chi connectivity index (χ4v) is 3.28. The summed E-state index contributed by atoms with van der Waals surface area (Å²) in [5.41, 5.74) is 0. The Bertz CT molecular complexity index is 462. The van der Waals surface area contributed by atoms with E-state index in [2.05, 4.69) is 27.9 Å². The van der Waals surface area contributed by atoms with Gasteiger partial charge in [0.25, 0.3) is 0 Å². The summed E-state index contributed by atoms with van der Waals surface area (Å²) in [6.45, 7) is 15.3. The minimum Gasteiger partial charge on any atom is -0.378 e. The van der Waals surface area contributed by atoms with Crippen LogP contribution in [0.4, 0.5) is 0 Å². The van der Waals surface area contributed by atoms with Crippen LogP contribution >= 0.6 is 22.6 Å². The van der Waals surface area contributed by atoms with Gasteiger partial charge in [0.15, 0.2) is 0 Å². The van der Waals surface area contributed by atoms with E-state index in [0.717, 1.165) is 17.6 Å². The maximum absolute atomic E-state index is 5.48. The quantitative estimate of drug-likeness (QED) is 0.0538. The Morgan fingerprint density at radius 1 is 0.273 bits per heavy atom. The number of hydrogen-bond donors (Lipinski definition) is 1. The zero-order chi connectivity index (χ0) is 31.7. The maximum atomic E-state index is 5.48. The summed E-state index contributed by atoms with van der Waals surface area (Å²) in [7, 11) is 1.90. The Kier molecular flexibility index (Phi) is 43.3. The molecule has 0 saturated carbocycles. The number of nitrogens with one attached hydrogen (secondary N) is 1. The van der Waals surface area contributed by atoms with Crippen LogP contribution in [0.25, 0.3) is 0 Å². The highest BCUT2D eigenvalue weighted by Crippen LogP contribution is 1.88. The molecule has 0 aliphatic rings. The number of ether oxygens (including phenoxy) is 13. The van der Waals surface area contributed by atoms with Crippen molar-refractivity contribution in [3.05, 3.63) is 0 Å². The SMILES string of the molecule is CNCCOCCOCCOCCOCCOCCOCCOCCOCCOCCOCCOCCOCCOCCI. The summed E-state index contributed by atoms with van der Waals surface area (Å²) in [5.74, 6) is 0. The molecule has 0 radical (unpaired) electrons. The van der Waals surface area contributed by atoms with Gasteiger partial charge in [0.05, 0.1) is 172 Å². The van der Waals surface area contributed by atoms with Crippen LogP contribution in [0.5, 0.6) is 0 Å². The Hall–Kier alpha value is 0.170. The lowest BCUT2D eigenvalue weighted by Crippen LogP contribution is -2.17. The van der Waals surface area contributed by atoms with Gasteiger partial charge in [-0.3, -0.25) is 0 Å². The Morgan fingerprint density at radius 3 is 0.591 bits per heavy atom. The van der Waals surface area contributed by atoms with Crippen LogP contribution < -0.4 is 5.32 Å². The molecule has 0 rings (SSSR count). The summed E-state index contributed by atoms with van der Waals surface area (Å²) in [6, 6.07) is 0. The Balaban J connectivity index is 3.03. The zero-order valence-electron chi connectivity index (χ0n) is 27.0. The number of rotatable bonds is 41. The predicted molar refractivity (Wildman–Crippen MR) is 173 cm³/mol. The van der Waals surface area contributed by atoms with E-state index in [-0.39, 0.29) is 0 Å². The average Bonchev–Trinajstić information content (AvgIpc) is 3.04. The second kappa shape index (κ2) is 43.2. The van der Waals surface area contributed by atoms with Crippen LogP contribution in [0.1, 0.15) is 0 Å². The Morgan fingerprint density at radius 2 is 0.432 bits per heavy atom. The van der Waals surface area contributed by atoms with E-state index in [1.807, 2.05) is 7.05 Å². The van der Waals surface area contributed by atoms with Crippen LogP contribution in [0, 0.1) is 0 Å². The van der Waals surface area contributed by atoms with Gasteiger partial charge in [0.1, 0.15) is 0 Å². The van der Waals surface area contributed by atoms with Crippen molar-refractivity contribution >= 4 is 22.6 Å². The third-order valence-electron chi connectivity index (χ3n) is 5.18. The standard InChI is InChI=1S/C29H60INO13/c1-31-3-5-33-7-9-35-11-13-37-15-17-39-19-21-41-23-25-43-27-29-44-28-26-42-24-22-40-20-18-38-16-14-36-12-10-34-8-6-32-4-2-30/h31H,2-29H2,1H3. The molecule has 0 atom stereocenters. The van der Waals surface area contributed by atoms with Crippen molar-refractivity contribution in [2.45, 2.75) is 0 Å². The van der Waals surface area contributed by atoms with Crippen molar-refractivity contribution in [1.82, 2.24) is 5.32 Å². The molecule has 0 aliphatic carbocycles. The molecule has 0 saturated heterocycles. The minimum atomic E-state index is 0.514. The van der Waals surface area contributed by atoms with Gasteiger partial charge in [0, 0.05) is 11.0 Å². The van der Waals surface area contributed by atoms with E-state index in [1.54, 1.807) is 0 Å². The molecule has 0 aliphatic heterocycles. The third kappa shape index (κ3) is 42.2. The van der Waals surface area contributed by atoms with E-state index in [1.165, 1.54) is 0 Å². The van der Waals surface area contributed by atoms with Crippen molar-refractivity contribution in [3.8, 4) is 0 Å². The van der Waals surface area contributed by atoms with Crippen molar-refractivity contribution in [2.75, 3.05) is 190 Å². The van der Waals surface area contributed by atoms with E-state index in [4.69, 9.17) is 61.6 Å². The van der Waals surface area contributed by atoms with Crippen LogP contribution in [-0.2, 0) is 61.6 Å². The summed E-state index contributed by atoms with van der Waals surface area (Å²) in [4.78, 5) is 0. The van der Waals surface area contributed by atoms with Crippen LogP contribution in [0.2, 0.25) is 0 Å². The lowest BCUT2D eigenvalue weighted by Gasteiger charge is -2.09. The van der Waals surface area contributed by atoms with Crippen LogP contribution in [-0.4, -0.2) is 190 Å². The Labute approximate surface area is 278 Å². The molecule has 15 heteroatoms. The zero-order valence-corrected chi connectivity index (χ0v) is 29.1. The summed E-state index contributed by atoms with van der Waals surface area (Å²) >= 11 is 2.28. The van der Waals surface area contributed by atoms with Gasteiger partial charge in [-0.1, -0.05) is 22.6 Å². The molecule has 266 valence electrons. The number of alkyl halides is 1. The number of hydrogen-bond acceptors (Lipinski definition) is 14. The lowest BCUT2D eigenvalue weighted by molar-refractivity contribution is -0.0289. The molecule has 0 amide bonds. The highest BCUT2D eigenvalue weighted by atomic mass is 127. The monoisotopic (exact) mass is 757 g/mol. The molecule has 44 heavy (non-hydrogen) atoms. The minimum absolute atomic E-state index is 0.514. The lowest BCUT2D eigenvalue weighted by atomic mass is 10.6. The van der Waals surface area contributed by atoms with Gasteiger partial charge in [-0.05, 0) is 7.05 Å². The molecular formula is C29H60INO13. The molecule has 0 aromatic heterocycles. The third-order valence-corrected chi connectivity index (χ3v) is 5.62. The van der Waals surface area contributed by atoms with Gasteiger partial charge in [-0.25, -0.2) is 0 Å². The normalized spacial score (nSPS) is 11.6. The second-order valence-corrected chi connectivity index (χ2v) is 9.83. The van der Waals surface area contributed by atoms with Gasteiger partial charge in [0.2, 0.25) is 0 Å². The fraction of sp³-hybridized carbons (Fsp3) is 1.00. The first-order valence-corrected chi connectivity index (χ1v) is 17.2. The van der Waals surface area contributed by atoms with Crippen molar-refractivity contribution < 1.29 is 61.6 Å². The topological polar surface area (TPSA) is 132 Å². The van der Waals surface area contributed by atoms with Crippen molar-refractivity contribution in [3.63, 3.8) is 0 Å². The second-order valence-electron chi connectivity index (χ2n) is 8.75. The molecule has 0 bridgehead atoms. The first-order chi connectivity index (χ1) is 21.9. The van der Waals surface area contributed by atoms with Crippen molar-refractivity contribution in [2.24, 2.45) is 0 Å². The average molecular weight is 758 g/mol. The molecular weight excluding hydrogens is 697 g/mol. The first-order valence-electron chi connectivity index (χ1n) is 15.6. The molecule has 0 aromatic rings. The van der Waals surface area contributed by atoms with Crippen molar-refractivity contribution in [1.29, 1.82) is 0 Å². The number of likely N-dealkylation sites (N-methyl/N-ethyl adjacent to an activating group) is 1. The summed E-state index contributed by atoms with van der Waals surface area (Å²) in [6.07, 6.45) is 0. The highest BCUT2D eigenvalue weighted by molar-refractivity contribution is 14.1. The summed E-state index contributed by atoms with van der Waals surface area (Å²) < 4.78 is 71.7. The maximum Gasteiger partial charge on any atom is 0.0701 e.